The van der Waals surface area contributed by atoms with E-state index in [-0.39, 0.29) is 5.39 Å². The molecule has 5 nitrogen and oxygen atoms in total. The van der Waals surface area contributed by atoms with Gasteiger partial charge in [0.2, 0.25) is 0 Å². The predicted octanol–water partition coefficient (Wildman–Crippen LogP) is 4.16. The van der Waals surface area contributed by atoms with E-state index in [2.05, 4.69) is 6.07 Å². The van der Waals surface area contributed by atoms with Crippen molar-refractivity contribution in [3.63, 3.8) is 0 Å². The average molecular weight is 370 g/mol. The molecule has 0 saturated carbocycles. The van der Waals surface area contributed by atoms with Crippen LogP contribution >= 0.6 is 11.3 Å². The van der Waals surface area contributed by atoms with Gasteiger partial charge in [-0.3, -0.25) is 9.20 Å². The minimum absolute atomic E-state index is 0.0988. The molecule has 0 bridgehead atoms. The van der Waals surface area contributed by atoms with Crippen LogP contribution in [0.5, 0.6) is 0 Å². The SMILES string of the molecule is N#Cc1c2c(c(=O)oc3ccccc32)c(=O)n2c(-c3ccccc3)csc12. The largest absolute Gasteiger partial charge is 0.422 e. The van der Waals surface area contributed by atoms with Crippen LogP contribution in [0.3, 0.4) is 0 Å². The molecule has 0 amide bonds. The molecule has 0 spiro atoms. The van der Waals surface area contributed by atoms with Crippen LogP contribution in [0.25, 0.3) is 37.8 Å². The van der Waals surface area contributed by atoms with Crippen LogP contribution in [0, 0.1) is 11.3 Å². The minimum Gasteiger partial charge on any atom is -0.422 e. The van der Waals surface area contributed by atoms with E-state index in [1.54, 1.807) is 24.3 Å². The summed E-state index contributed by atoms with van der Waals surface area (Å²) in [5, 5.41) is 12.5. The molecule has 3 aromatic heterocycles. The first-order valence-electron chi connectivity index (χ1n) is 8.18. The van der Waals surface area contributed by atoms with E-state index in [4.69, 9.17) is 4.42 Å². The molecule has 0 aliphatic heterocycles. The number of hydrogen-bond acceptors (Lipinski definition) is 5. The van der Waals surface area contributed by atoms with Crippen molar-refractivity contribution in [2.75, 3.05) is 0 Å². The topological polar surface area (TPSA) is 75.5 Å². The lowest BCUT2D eigenvalue weighted by Gasteiger charge is -2.07. The van der Waals surface area contributed by atoms with E-state index in [1.807, 2.05) is 35.7 Å². The highest BCUT2D eigenvalue weighted by Crippen LogP contribution is 2.32. The zero-order valence-electron chi connectivity index (χ0n) is 13.8. The fourth-order valence-electron chi connectivity index (χ4n) is 3.43. The normalized spacial score (nSPS) is 11.2. The fraction of sp³-hybridized carbons (Fsp3) is 0. The molecule has 0 unspecified atom stereocenters. The Morgan fingerprint density at radius 3 is 2.48 bits per heavy atom. The summed E-state index contributed by atoms with van der Waals surface area (Å²) in [6.45, 7) is 0. The van der Waals surface area contributed by atoms with Crippen molar-refractivity contribution in [2.24, 2.45) is 0 Å². The van der Waals surface area contributed by atoms with E-state index < -0.39 is 11.2 Å². The van der Waals surface area contributed by atoms with Gasteiger partial charge in [-0.15, -0.1) is 11.3 Å². The van der Waals surface area contributed by atoms with Crippen molar-refractivity contribution in [2.45, 2.75) is 0 Å². The molecule has 27 heavy (non-hydrogen) atoms. The lowest BCUT2D eigenvalue weighted by molar-refractivity contribution is 0.569. The molecule has 0 atom stereocenters. The molecular weight excluding hydrogens is 360 g/mol. The van der Waals surface area contributed by atoms with Crippen molar-refractivity contribution in [1.82, 2.24) is 4.40 Å². The quantitative estimate of drug-likeness (QED) is 0.328. The summed E-state index contributed by atoms with van der Waals surface area (Å²) in [4.78, 5) is 26.4. The second-order valence-electron chi connectivity index (χ2n) is 6.06. The van der Waals surface area contributed by atoms with Crippen LogP contribution in [0.2, 0.25) is 0 Å². The van der Waals surface area contributed by atoms with Gasteiger partial charge >= 0.3 is 5.63 Å². The summed E-state index contributed by atoms with van der Waals surface area (Å²) in [5.74, 6) is 0. The Kier molecular flexibility index (Phi) is 3.26. The number of rotatable bonds is 1. The van der Waals surface area contributed by atoms with E-state index in [0.717, 1.165) is 5.56 Å². The van der Waals surface area contributed by atoms with Crippen LogP contribution in [0.1, 0.15) is 5.56 Å². The molecule has 6 heteroatoms. The van der Waals surface area contributed by atoms with Gasteiger partial charge in [-0.1, -0.05) is 48.5 Å². The van der Waals surface area contributed by atoms with Gasteiger partial charge in [0.15, 0.2) is 0 Å². The number of pyridine rings is 1. The number of para-hydroxylation sites is 1. The number of nitriles is 1. The van der Waals surface area contributed by atoms with Gasteiger partial charge in [-0.2, -0.15) is 5.26 Å². The Morgan fingerprint density at radius 2 is 1.70 bits per heavy atom. The highest BCUT2D eigenvalue weighted by molar-refractivity contribution is 7.16. The van der Waals surface area contributed by atoms with Crippen LogP contribution < -0.4 is 11.2 Å². The molecule has 5 rings (SSSR count). The number of nitrogens with zero attached hydrogens (tertiary/aromatic N) is 2. The Bertz CT molecular complexity index is 1520. The van der Waals surface area contributed by atoms with Crippen molar-refractivity contribution in [3.8, 4) is 17.3 Å². The summed E-state index contributed by atoms with van der Waals surface area (Å²) in [5.41, 5.74) is 0.935. The second kappa shape index (κ2) is 5.66. The first kappa shape index (κ1) is 15.6. The lowest BCUT2D eigenvalue weighted by atomic mass is 10.0. The van der Waals surface area contributed by atoms with E-state index in [1.165, 1.54) is 15.7 Å². The third kappa shape index (κ3) is 2.09. The number of hydrogen-bond donors (Lipinski definition) is 0. The van der Waals surface area contributed by atoms with Crippen LogP contribution in [0.4, 0.5) is 0 Å². The lowest BCUT2D eigenvalue weighted by Crippen LogP contribution is -2.21. The Labute approximate surface area is 156 Å². The zero-order valence-corrected chi connectivity index (χ0v) is 14.6. The number of benzene rings is 2. The van der Waals surface area contributed by atoms with Gasteiger partial charge in [0, 0.05) is 16.2 Å². The first-order valence-corrected chi connectivity index (χ1v) is 9.06. The van der Waals surface area contributed by atoms with Crippen LogP contribution in [0.15, 0.2) is 74.0 Å². The standard InChI is InChI=1S/C21H10N2O3S/c22-10-14-17-13-8-4-5-9-16(13)26-21(25)18(17)19(24)23-15(11-27-20(14)23)12-6-2-1-3-7-12/h1-9,11H. The van der Waals surface area contributed by atoms with E-state index >= 15 is 0 Å². The van der Waals surface area contributed by atoms with Crippen molar-refractivity contribution in [1.29, 1.82) is 5.26 Å². The molecule has 0 N–H and O–H groups in total. The molecule has 0 saturated heterocycles. The fourth-order valence-corrected chi connectivity index (χ4v) is 4.45. The minimum atomic E-state index is -0.732. The van der Waals surface area contributed by atoms with Crippen molar-refractivity contribution < 1.29 is 4.42 Å². The Hall–Kier alpha value is -3.69. The van der Waals surface area contributed by atoms with Gasteiger partial charge < -0.3 is 4.42 Å². The molecule has 0 radical (unpaired) electrons. The summed E-state index contributed by atoms with van der Waals surface area (Å²) in [6.07, 6.45) is 0. The summed E-state index contributed by atoms with van der Waals surface area (Å²) < 4.78 is 6.79. The second-order valence-corrected chi connectivity index (χ2v) is 6.91. The Morgan fingerprint density at radius 1 is 0.963 bits per heavy atom. The molecule has 5 aromatic rings. The van der Waals surface area contributed by atoms with Gasteiger partial charge in [0.05, 0.1) is 11.3 Å². The number of fused-ring (bicyclic) bond motifs is 4. The van der Waals surface area contributed by atoms with E-state index in [0.29, 0.717) is 32.4 Å². The van der Waals surface area contributed by atoms with Gasteiger partial charge in [-0.25, -0.2) is 4.79 Å². The molecule has 3 heterocycles. The third-order valence-corrected chi connectivity index (χ3v) is 5.55. The van der Waals surface area contributed by atoms with Gasteiger partial charge in [0.25, 0.3) is 5.56 Å². The average Bonchev–Trinajstić information content (AvgIpc) is 3.14. The zero-order chi connectivity index (χ0) is 18.5. The van der Waals surface area contributed by atoms with Crippen LogP contribution in [-0.2, 0) is 0 Å². The molecular formula is C21H10N2O3S. The van der Waals surface area contributed by atoms with Crippen molar-refractivity contribution in [3.05, 3.63) is 86.3 Å². The van der Waals surface area contributed by atoms with Crippen LogP contribution in [-0.4, -0.2) is 4.40 Å². The molecule has 0 aliphatic carbocycles. The number of aromatic nitrogens is 1. The highest BCUT2D eigenvalue weighted by Gasteiger charge is 2.21. The predicted molar refractivity (Wildman–Crippen MR) is 105 cm³/mol. The monoisotopic (exact) mass is 370 g/mol. The third-order valence-electron chi connectivity index (χ3n) is 4.60. The Balaban J connectivity index is 2.10. The smallest absolute Gasteiger partial charge is 0.349 e. The maximum Gasteiger partial charge on any atom is 0.349 e. The molecule has 0 aliphatic rings. The number of thiazole rings is 1. The molecule has 128 valence electrons. The summed E-state index contributed by atoms with van der Waals surface area (Å²) in [6, 6.07) is 18.5. The van der Waals surface area contributed by atoms with Gasteiger partial charge in [-0.05, 0) is 11.6 Å². The maximum atomic E-state index is 13.3. The summed E-state index contributed by atoms with van der Waals surface area (Å²) in [7, 11) is 0. The van der Waals surface area contributed by atoms with Crippen molar-refractivity contribution >= 4 is 37.9 Å². The highest BCUT2D eigenvalue weighted by atomic mass is 32.1. The summed E-state index contributed by atoms with van der Waals surface area (Å²) >= 11 is 1.31. The van der Waals surface area contributed by atoms with E-state index in [9.17, 15) is 14.9 Å². The molecule has 0 fully saturated rings. The first-order chi connectivity index (χ1) is 13.2. The maximum absolute atomic E-state index is 13.3. The molecule has 2 aromatic carbocycles. The van der Waals surface area contributed by atoms with Gasteiger partial charge in [0.1, 0.15) is 21.9 Å².